The molecule has 1 rings (SSSR count). The summed E-state index contributed by atoms with van der Waals surface area (Å²) in [5.74, 6) is 0.508. The quantitative estimate of drug-likeness (QED) is 0.611. The number of aliphatic hydroxyl groups is 2. The average Bonchev–Trinajstić information content (AvgIpc) is 2.54. The van der Waals surface area contributed by atoms with Crippen molar-refractivity contribution >= 4 is 5.91 Å². The predicted octanol–water partition coefficient (Wildman–Crippen LogP) is 0.816. The number of hydrogen-bond acceptors (Lipinski definition) is 3. The molecule has 1 aliphatic rings. The third kappa shape index (κ3) is 5.47. The van der Waals surface area contributed by atoms with Crippen molar-refractivity contribution in [2.75, 3.05) is 13.2 Å². The zero-order valence-corrected chi connectivity index (χ0v) is 9.82. The van der Waals surface area contributed by atoms with Gasteiger partial charge in [-0.3, -0.25) is 4.79 Å². The van der Waals surface area contributed by atoms with Gasteiger partial charge in [0.25, 0.3) is 0 Å². The summed E-state index contributed by atoms with van der Waals surface area (Å²) < 4.78 is 0. The van der Waals surface area contributed by atoms with Crippen molar-refractivity contribution in [3.8, 4) is 0 Å². The van der Waals surface area contributed by atoms with E-state index in [4.69, 9.17) is 10.2 Å². The molecule has 0 bridgehead atoms. The number of aliphatic hydroxyl groups excluding tert-OH is 2. The van der Waals surface area contributed by atoms with Crippen molar-refractivity contribution in [3.05, 3.63) is 0 Å². The number of rotatable bonds is 5. The Morgan fingerprint density at radius 1 is 1.25 bits per heavy atom. The van der Waals surface area contributed by atoms with Gasteiger partial charge in [0.2, 0.25) is 5.91 Å². The van der Waals surface area contributed by atoms with Gasteiger partial charge in [-0.1, -0.05) is 25.7 Å². The van der Waals surface area contributed by atoms with Gasteiger partial charge in [-0.25, -0.2) is 0 Å². The number of nitrogens with one attached hydrogen (secondary N) is 1. The monoisotopic (exact) mass is 229 g/mol. The summed E-state index contributed by atoms with van der Waals surface area (Å²) in [5.41, 5.74) is 0. The van der Waals surface area contributed by atoms with Crippen molar-refractivity contribution < 1.29 is 15.0 Å². The van der Waals surface area contributed by atoms with E-state index in [1.165, 1.54) is 25.7 Å². The molecule has 94 valence electrons. The van der Waals surface area contributed by atoms with Crippen LogP contribution in [0.4, 0.5) is 0 Å². The minimum atomic E-state index is -0.835. The highest BCUT2D eigenvalue weighted by Crippen LogP contribution is 2.25. The second-order valence-electron chi connectivity index (χ2n) is 4.70. The summed E-state index contributed by atoms with van der Waals surface area (Å²) in [6, 6.07) is 0. The molecule has 1 fully saturated rings. The van der Waals surface area contributed by atoms with E-state index in [0.717, 1.165) is 12.8 Å². The second kappa shape index (κ2) is 7.63. The van der Waals surface area contributed by atoms with Crippen LogP contribution in [0, 0.1) is 5.92 Å². The van der Waals surface area contributed by atoms with E-state index >= 15 is 0 Å². The lowest BCUT2D eigenvalue weighted by molar-refractivity contribution is -0.122. The fourth-order valence-electron chi connectivity index (χ4n) is 2.20. The molecule has 0 heterocycles. The van der Waals surface area contributed by atoms with E-state index in [1.54, 1.807) is 0 Å². The first kappa shape index (κ1) is 13.5. The molecule has 1 unspecified atom stereocenters. The molecule has 1 atom stereocenters. The number of carbonyl (C=O) groups excluding carboxylic acids is 1. The summed E-state index contributed by atoms with van der Waals surface area (Å²) in [7, 11) is 0. The zero-order valence-electron chi connectivity index (χ0n) is 9.82. The molecule has 0 aromatic carbocycles. The van der Waals surface area contributed by atoms with Gasteiger partial charge in [-0.2, -0.15) is 0 Å². The molecule has 1 saturated carbocycles. The topological polar surface area (TPSA) is 69.6 Å². The number of amides is 1. The maximum atomic E-state index is 11.5. The van der Waals surface area contributed by atoms with Gasteiger partial charge >= 0.3 is 0 Å². The van der Waals surface area contributed by atoms with Crippen LogP contribution >= 0.6 is 0 Å². The van der Waals surface area contributed by atoms with Crippen LogP contribution in [0.3, 0.4) is 0 Å². The Morgan fingerprint density at radius 3 is 2.44 bits per heavy atom. The fourth-order valence-corrected chi connectivity index (χ4v) is 2.20. The SMILES string of the molecule is O=C(CC1CCCCCC1)NCC(O)CO. The lowest BCUT2D eigenvalue weighted by Crippen LogP contribution is -2.34. The van der Waals surface area contributed by atoms with Gasteiger partial charge in [0.1, 0.15) is 0 Å². The van der Waals surface area contributed by atoms with Crippen LogP contribution in [0.2, 0.25) is 0 Å². The van der Waals surface area contributed by atoms with Gasteiger partial charge in [-0.15, -0.1) is 0 Å². The minimum absolute atomic E-state index is 0.000556. The first-order valence-corrected chi connectivity index (χ1v) is 6.28. The molecule has 16 heavy (non-hydrogen) atoms. The van der Waals surface area contributed by atoms with E-state index in [2.05, 4.69) is 5.32 Å². The molecule has 3 N–H and O–H groups in total. The van der Waals surface area contributed by atoms with Crippen molar-refractivity contribution in [3.63, 3.8) is 0 Å². The molecule has 0 saturated heterocycles. The molecule has 0 spiro atoms. The predicted molar refractivity (Wildman–Crippen MR) is 61.9 cm³/mol. The number of hydrogen-bond donors (Lipinski definition) is 3. The summed E-state index contributed by atoms with van der Waals surface area (Å²) in [6.45, 7) is -0.147. The lowest BCUT2D eigenvalue weighted by atomic mass is 9.96. The van der Waals surface area contributed by atoms with Crippen molar-refractivity contribution in [2.45, 2.75) is 51.0 Å². The minimum Gasteiger partial charge on any atom is -0.394 e. The molecule has 0 aromatic heterocycles. The van der Waals surface area contributed by atoms with Crippen LogP contribution in [0.25, 0.3) is 0 Å². The highest BCUT2D eigenvalue weighted by atomic mass is 16.3. The summed E-state index contributed by atoms with van der Waals surface area (Å²) in [6.07, 6.45) is 7.08. The van der Waals surface area contributed by atoms with E-state index < -0.39 is 6.10 Å². The Bertz CT molecular complexity index is 200. The van der Waals surface area contributed by atoms with Crippen LogP contribution in [0.1, 0.15) is 44.9 Å². The van der Waals surface area contributed by atoms with E-state index in [-0.39, 0.29) is 19.1 Å². The van der Waals surface area contributed by atoms with Crippen LogP contribution in [-0.4, -0.2) is 35.4 Å². The summed E-state index contributed by atoms with van der Waals surface area (Å²) in [4.78, 5) is 11.5. The Labute approximate surface area is 97.0 Å². The Balaban J connectivity index is 2.16. The van der Waals surface area contributed by atoms with Gasteiger partial charge in [0.15, 0.2) is 0 Å². The molecular weight excluding hydrogens is 206 g/mol. The molecule has 0 aliphatic heterocycles. The van der Waals surface area contributed by atoms with Crippen molar-refractivity contribution in [1.82, 2.24) is 5.32 Å². The van der Waals surface area contributed by atoms with Crippen LogP contribution < -0.4 is 5.32 Å². The Morgan fingerprint density at radius 2 is 1.88 bits per heavy atom. The van der Waals surface area contributed by atoms with E-state index in [1.807, 2.05) is 0 Å². The molecule has 4 nitrogen and oxygen atoms in total. The zero-order chi connectivity index (χ0) is 11.8. The third-order valence-electron chi connectivity index (χ3n) is 3.19. The van der Waals surface area contributed by atoms with Gasteiger partial charge < -0.3 is 15.5 Å². The molecule has 4 heteroatoms. The largest absolute Gasteiger partial charge is 0.394 e. The van der Waals surface area contributed by atoms with Gasteiger partial charge in [-0.05, 0) is 18.8 Å². The second-order valence-corrected chi connectivity index (χ2v) is 4.70. The number of carbonyl (C=O) groups is 1. The summed E-state index contributed by atoms with van der Waals surface area (Å²) >= 11 is 0. The Kier molecular flexibility index (Phi) is 6.42. The van der Waals surface area contributed by atoms with Crippen LogP contribution in [0.15, 0.2) is 0 Å². The van der Waals surface area contributed by atoms with E-state index in [0.29, 0.717) is 12.3 Å². The highest BCUT2D eigenvalue weighted by Gasteiger charge is 2.16. The first-order valence-electron chi connectivity index (χ1n) is 6.28. The molecule has 0 aromatic rings. The maximum Gasteiger partial charge on any atom is 0.220 e. The van der Waals surface area contributed by atoms with Crippen LogP contribution in [-0.2, 0) is 4.79 Å². The smallest absolute Gasteiger partial charge is 0.220 e. The Hall–Kier alpha value is -0.610. The maximum absolute atomic E-state index is 11.5. The summed E-state index contributed by atoms with van der Waals surface area (Å²) in [5, 5.41) is 20.4. The normalized spacial score (nSPS) is 20.1. The molecule has 1 aliphatic carbocycles. The first-order chi connectivity index (χ1) is 7.72. The highest BCUT2D eigenvalue weighted by molar-refractivity contribution is 5.76. The standard InChI is InChI=1S/C12H23NO3/c14-9-11(15)8-13-12(16)7-10-5-3-1-2-4-6-10/h10-11,14-15H,1-9H2,(H,13,16). The van der Waals surface area contributed by atoms with E-state index in [9.17, 15) is 4.79 Å². The van der Waals surface area contributed by atoms with Crippen molar-refractivity contribution in [2.24, 2.45) is 5.92 Å². The van der Waals surface area contributed by atoms with Gasteiger partial charge in [0, 0.05) is 13.0 Å². The molecule has 1 amide bonds. The average molecular weight is 229 g/mol. The van der Waals surface area contributed by atoms with Gasteiger partial charge in [0.05, 0.1) is 12.7 Å². The third-order valence-corrected chi connectivity index (χ3v) is 3.19. The van der Waals surface area contributed by atoms with Crippen molar-refractivity contribution in [1.29, 1.82) is 0 Å². The fraction of sp³-hybridized carbons (Fsp3) is 0.917. The molecular formula is C12H23NO3. The van der Waals surface area contributed by atoms with Crippen LogP contribution in [0.5, 0.6) is 0 Å². The molecule has 0 radical (unpaired) electrons. The lowest BCUT2D eigenvalue weighted by Gasteiger charge is -2.14.